The van der Waals surface area contributed by atoms with E-state index in [4.69, 9.17) is 0 Å². The van der Waals surface area contributed by atoms with Crippen molar-refractivity contribution in [3.8, 4) is 66.8 Å². The average Bonchev–Trinajstić information content (AvgIpc) is 4.20. The van der Waals surface area contributed by atoms with E-state index in [9.17, 15) is 0 Å². The van der Waals surface area contributed by atoms with Gasteiger partial charge < -0.3 is 4.90 Å². The van der Waals surface area contributed by atoms with Gasteiger partial charge in [0.15, 0.2) is 0 Å². The lowest BCUT2D eigenvalue weighted by Gasteiger charge is -2.36. The van der Waals surface area contributed by atoms with Crippen molar-refractivity contribution in [3.05, 3.63) is 293 Å². The lowest BCUT2D eigenvalue weighted by molar-refractivity contribution is 0.660. The third-order valence-corrected chi connectivity index (χ3v) is 17.9. The summed E-state index contributed by atoms with van der Waals surface area (Å²) in [6.07, 6.45) is 8.20. The second kappa shape index (κ2) is 15.7. The number of para-hydroxylation sites is 2. The van der Waals surface area contributed by atoms with Gasteiger partial charge in [0, 0.05) is 33.3 Å². The summed E-state index contributed by atoms with van der Waals surface area (Å²) in [5.74, 6) is 0. The first kappa shape index (κ1) is 43.1. The lowest BCUT2D eigenvalue weighted by Crippen LogP contribution is -2.31. The van der Waals surface area contributed by atoms with Crippen molar-refractivity contribution in [2.75, 3.05) is 4.90 Å². The number of fused-ring (bicyclic) bond motifs is 16. The van der Waals surface area contributed by atoms with Crippen molar-refractivity contribution in [2.24, 2.45) is 0 Å². The molecule has 0 radical (unpaired) electrons. The highest BCUT2D eigenvalue weighted by molar-refractivity contribution is 6.00. The minimum atomic E-state index is -0.434. The van der Waals surface area contributed by atoms with Gasteiger partial charge in [-0.2, -0.15) is 0 Å². The highest BCUT2D eigenvalue weighted by Gasteiger charge is 2.51. The van der Waals surface area contributed by atoms with Gasteiger partial charge >= 0.3 is 0 Å². The van der Waals surface area contributed by atoms with Crippen molar-refractivity contribution in [1.29, 1.82) is 0 Å². The van der Waals surface area contributed by atoms with E-state index in [0.717, 1.165) is 6.42 Å². The predicted octanol–water partition coefficient (Wildman–Crippen LogP) is 18.5. The van der Waals surface area contributed by atoms with E-state index in [2.05, 4.69) is 275 Å². The Kier molecular flexibility index (Phi) is 9.17. The molecule has 10 aromatic carbocycles. The molecule has 0 saturated carbocycles. The fraction of sp³-hybridized carbons (Fsp3) is 0.123. The topological polar surface area (TPSA) is 3.24 Å². The van der Waals surface area contributed by atoms with Crippen molar-refractivity contribution >= 4 is 16.9 Å². The Hall–Kier alpha value is -8.52. The quantitative estimate of drug-likeness (QED) is 0.161. The first-order chi connectivity index (χ1) is 36.2. The van der Waals surface area contributed by atoms with Crippen LogP contribution >= 0.6 is 0 Å². The van der Waals surface area contributed by atoms with E-state index in [0.29, 0.717) is 0 Å². The minimum Gasteiger partial charge on any atom is -0.333 e. The summed E-state index contributed by atoms with van der Waals surface area (Å²) in [6.45, 7) is 9.52. The average molecular weight is 946 g/mol. The standard InChI is InChI=1S/C73H55N/c1-71(2)61-29-13-9-26-59(61)70-58(27-19-33-65(70)71)57-25-11-18-35-69(57)74(49-40-36-46(37-41-49)47-38-42-55-51-21-5-12-28-60(51)72(3,4)66(55)44-47)68-34-17-10-20-50(68)48-39-43-56-54-24-8-16-32-64(54)73(67(56)45-48)62-30-14-6-22-52(62)53-23-7-15-31-63(53)73/h5-40,42-45,49H,41H2,1-4H3. The highest BCUT2D eigenvalue weighted by atomic mass is 15.2. The fourth-order valence-corrected chi connectivity index (χ4v) is 14.5. The van der Waals surface area contributed by atoms with Crippen molar-refractivity contribution in [2.45, 2.75) is 56.4 Å². The summed E-state index contributed by atoms with van der Waals surface area (Å²) in [5, 5.41) is 0. The highest BCUT2D eigenvalue weighted by Crippen LogP contribution is 2.63. The maximum absolute atomic E-state index is 2.67. The van der Waals surface area contributed by atoms with Gasteiger partial charge in [-0.1, -0.05) is 246 Å². The molecular formula is C73H55N. The Bertz CT molecular complexity index is 4010. The van der Waals surface area contributed by atoms with Crippen molar-refractivity contribution < 1.29 is 0 Å². The van der Waals surface area contributed by atoms with Crippen LogP contribution in [0.1, 0.15) is 84.2 Å². The number of hydrogen-bond donors (Lipinski definition) is 0. The molecule has 74 heavy (non-hydrogen) atoms. The Morgan fingerprint density at radius 2 is 0.757 bits per heavy atom. The van der Waals surface area contributed by atoms with E-state index in [1.54, 1.807) is 0 Å². The maximum atomic E-state index is 2.67. The van der Waals surface area contributed by atoms with Crippen LogP contribution in [0.4, 0.5) is 11.4 Å². The molecule has 1 nitrogen and oxygen atoms in total. The second-order valence-electron chi connectivity index (χ2n) is 22.2. The normalized spacial score (nSPS) is 16.8. The Balaban J connectivity index is 0.910. The molecule has 0 aromatic heterocycles. The summed E-state index contributed by atoms with van der Waals surface area (Å²) < 4.78 is 0. The van der Waals surface area contributed by atoms with Crippen molar-refractivity contribution in [1.82, 2.24) is 0 Å². The Morgan fingerprint density at radius 3 is 1.36 bits per heavy atom. The molecule has 1 atom stereocenters. The first-order valence-electron chi connectivity index (χ1n) is 26.5. The van der Waals surface area contributed by atoms with Crippen LogP contribution in [0.2, 0.25) is 0 Å². The largest absolute Gasteiger partial charge is 0.333 e. The summed E-state index contributed by atoms with van der Waals surface area (Å²) in [6, 6.07) is 85.3. The molecule has 15 rings (SSSR count). The number of hydrogen-bond acceptors (Lipinski definition) is 1. The van der Waals surface area contributed by atoms with E-state index in [1.807, 2.05) is 0 Å². The molecule has 0 amide bonds. The molecule has 5 aliphatic rings. The fourth-order valence-electron chi connectivity index (χ4n) is 14.5. The van der Waals surface area contributed by atoms with Crippen molar-refractivity contribution in [3.63, 3.8) is 0 Å². The van der Waals surface area contributed by atoms with Crippen LogP contribution in [0, 0.1) is 0 Å². The molecule has 0 aliphatic heterocycles. The Morgan fingerprint density at radius 1 is 0.338 bits per heavy atom. The summed E-state index contributed by atoms with van der Waals surface area (Å²) in [7, 11) is 0. The third kappa shape index (κ3) is 5.81. The van der Waals surface area contributed by atoms with Crippen LogP contribution in [0.3, 0.4) is 0 Å². The van der Waals surface area contributed by atoms with Crippen LogP contribution in [0.15, 0.2) is 243 Å². The van der Waals surface area contributed by atoms with E-state index in [-0.39, 0.29) is 16.9 Å². The van der Waals surface area contributed by atoms with Gasteiger partial charge in [-0.15, -0.1) is 0 Å². The molecule has 0 fully saturated rings. The van der Waals surface area contributed by atoms with Crippen LogP contribution in [0.5, 0.6) is 0 Å². The van der Waals surface area contributed by atoms with Gasteiger partial charge in [0.2, 0.25) is 0 Å². The molecule has 0 N–H and O–H groups in total. The van der Waals surface area contributed by atoms with Gasteiger partial charge in [0.1, 0.15) is 0 Å². The van der Waals surface area contributed by atoms with Gasteiger partial charge in [0.25, 0.3) is 0 Å². The van der Waals surface area contributed by atoms with E-state index >= 15 is 0 Å². The lowest BCUT2D eigenvalue weighted by atomic mass is 9.70. The monoisotopic (exact) mass is 945 g/mol. The number of rotatable bonds is 6. The molecule has 1 heteroatoms. The number of anilines is 2. The van der Waals surface area contributed by atoms with Crippen LogP contribution in [0.25, 0.3) is 72.3 Å². The molecule has 1 unspecified atom stereocenters. The predicted molar refractivity (Wildman–Crippen MR) is 309 cm³/mol. The zero-order valence-electron chi connectivity index (χ0n) is 42.3. The number of allylic oxidation sites excluding steroid dienone is 2. The molecular weight excluding hydrogens is 891 g/mol. The van der Waals surface area contributed by atoms with Gasteiger partial charge in [-0.05, 0) is 142 Å². The number of benzene rings is 10. The van der Waals surface area contributed by atoms with E-state index < -0.39 is 5.41 Å². The molecule has 0 heterocycles. The maximum Gasteiger partial charge on any atom is 0.0725 e. The summed E-state index contributed by atoms with van der Waals surface area (Å²) >= 11 is 0. The summed E-state index contributed by atoms with van der Waals surface area (Å²) in [5.41, 5.74) is 30.9. The molecule has 0 saturated heterocycles. The van der Waals surface area contributed by atoms with Gasteiger partial charge in [-0.25, -0.2) is 0 Å². The van der Waals surface area contributed by atoms with Crippen LogP contribution in [-0.2, 0) is 16.2 Å². The first-order valence-corrected chi connectivity index (χ1v) is 26.5. The molecule has 5 aliphatic carbocycles. The second-order valence-corrected chi connectivity index (χ2v) is 22.2. The zero-order valence-corrected chi connectivity index (χ0v) is 42.3. The molecule has 1 spiro atoms. The third-order valence-electron chi connectivity index (χ3n) is 17.9. The minimum absolute atomic E-state index is 0.0234. The number of nitrogens with zero attached hydrogens (tertiary/aromatic N) is 1. The zero-order chi connectivity index (χ0) is 49.5. The Labute approximate surface area is 435 Å². The molecule has 0 bridgehead atoms. The SMILES string of the molecule is CC1(C)c2ccccc2-c2ccc(C3=CCC(N(c4ccccc4-c4ccc5c(c4)C4(c6ccccc6-c6ccccc64)c4ccccc4-5)c4ccccc4-c4cccc5c4-c4ccccc4C5(C)C)C=C3)cc21. The van der Waals surface area contributed by atoms with Crippen LogP contribution in [-0.4, -0.2) is 6.04 Å². The van der Waals surface area contributed by atoms with Gasteiger partial charge in [-0.3, -0.25) is 0 Å². The molecule has 10 aromatic rings. The summed E-state index contributed by atoms with van der Waals surface area (Å²) in [4.78, 5) is 2.67. The van der Waals surface area contributed by atoms with Gasteiger partial charge in [0.05, 0.1) is 11.5 Å². The van der Waals surface area contributed by atoms with Crippen LogP contribution < -0.4 is 4.90 Å². The van der Waals surface area contributed by atoms with E-state index in [1.165, 1.54) is 134 Å². The molecule has 352 valence electrons. The smallest absolute Gasteiger partial charge is 0.0725 e.